The lowest BCUT2D eigenvalue weighted by atomic mass is 10.3. The van der Waals surface area contributed by atoms with E-state index < -0.39 is 0 Å². The van der Waals surface area contributed by atoms with Crippen LogP contribution in [0.1, 0.15) is 32.6 Å². The molecule has 0 aromatic rings. The van der Waals surface area contributed by atoms with Crippen molar-refractivity contribution in [3.8, 4) is 0 Å². The van der Waals surface area contributed by atoms with Crippen LogP contribution in [0.4, 0.5) is 0 Å². The Labute approximate surface area is 86.0 Å². The van der Waals surface area contributed by atoms with Gasteiger partial charge in [-0.25, -0.2) is 0 Å². The van der Waals surface area contributed by atoms with Crippen LogP contribution in [0.5, 0.6) is 0 Å². The minimum atomic E-state index is -0.155. The van der Waals surface area contributed by atoms with Gasteiger partial charge in [0.1, 0.15) is 0 Å². The fourth-order valence-electron chi connectivity index (χ4n) is 1.14. The van der Waals surface area contributed by atoms with Crippen molar-refractivity contribution < 1.29 is 14.3 Å². The van der Waals surface area contributed by atoms with E-state index in [2.05, 4.69) is 5.32 Å². The maximum absolute atomic E-state index is 11.1. The molecule has 14 heavy (non-hydrogen) atoms. The Morgan fingerprint density at radius 3 is 2.50 bits per heavy atom. The predicted octanol–water partition coefficient (Wildman–Crippen LogP) is 1.30. The summed E-state index contributed by atoms with van der Waals surface area (Å²) in [6.07, 6.45) is 3.03. The molecular formula is C10H21NO3. The first-order valence-corrected chi connectivity index (χ1v) is 5.06. The second kappa shape index (κ2) is 8.97. The van der Waals surface area contributed by atoms with E-state index in [0.29, 0.717) is 13.0 Å². The fourth-order valence-corrected chi connectivity index (χ4v) is 1.14. The quantitative estimate of drug-likeness (QED) is 0.478. The van der Waals surface area contributed by atoms with Crippen LogP contribution in [0.2, 0.25) is 0 Å². The lowest BCUT2D eigenvalue weighted by Crippen LogP contribution is -2.25. The van der Waals surface area contributed by atoms with Gasteiger partial charge in [-0.2, -0.15) is 0 Å². The molecule has 4 heteroatoms. The van der Waals surface area contributed by atoms with Gasteiger partial charge in [0, 0.05) is 33.6 Å². The number of carbonyl (C=O) groups excluding carboxylic acids is 1. The Bertz CT molecular complexity index is 146. The molecule has 0 aliphatic rings. The second-order valence-electron chi connectivity index (χ2n) is 3.14. The molecule has 0 saturated carbocycles. The summed E-state index contributed by atoms with van der Waals surface area (Å²) in [5.41, 5.74) is 0. The number of ether oxygens (including phenoxy) is 2. The number of hydrogen-bond donors (Lipinski definition) is 1. The molecule has 0 saturated heterocycles. The molecule has 1 N–H and O–H groups in total. The van der Waals surface area contributed by atoms with Crippen LogP contribution in [0.3, 0.4) is 0 Å². The van der Waals surface area contributed by atoms with Crippen molar-refractivity contribution in [2.24, 2.45) is 0 Å². The van der Waals surface area contributed by atoms with Crippen molar-refractivity contribution in [1.82, 2.24) is 5.32 Å². The highest BCUT2D eigenvalue weighted by atomic mass is 16.7. The Kier molecular flexibility index (Phi) is 8.57. The Morgan fingerprint density at radius 2 is 2.00 bits per heavy atom. The van der Waals surface area contributed by atoms with Gasteiger partial charge in [-0.15, -0.1) is 0 Å². The van der Waals surface area contributed by atoms with Crippen molar-refractivity contribution >= 4 is 5.91 Å². The SMILES string of the molecule is CCCC(=O)NCCCC(OC)OC. The molecule has 1 amide bonds. The summed E-state index contributed by atoms with van der Waals surface area (Å²) in [6, 6.07) is 0. The van der Waals surface area contributed by atoms with E-state index in [-0.39, 0.29) is 12.2 Å². The molecular weight excluding hydrogens is 182 g/mol. The fraction of sp³-hybridized carbons (Fsp3) is 0.900. The summed E-state index contributed by atoms with van der Waals surface area (Å²) in [5, 5.41) is 2.84. The zero-order chi connectivity index (χ0) is 10.8. The Balaban J connectivity index is 3.32. The van der Waals surface area contributed by atoms with Crippen LogP contribution in [0.25, 0.3) is 0 Å². The molecule has 0 atom stereocenters. The average molecular weight is 203 g/mol. The van der Waals surface area contributed by atoms with E-state index in [1.54, 1.807) is 14.2 Å². The van der Waals surface area contributed by atoms with Gasteiger partial charge in [-0.1, -0.05) is 6.92 Å². The highest BCUT2D eigenvalue weighted by Crippen LogP contribution is 2.00. The Morgan fingerprint density at radius 1 is 1.36 bits per heavy atom. The van der Waals surface area contributed by atoms with Crippen LogP contribution in [0.15, 0.2) is 0 Å². The van der Waals surface area contributed by atoms with Crippen LogP contribution < -0.4 is 5.32 Å². The molecule has 0 rings (SSSR count). The molecule has 0 bridgehead atoms. The van der Waals surface area contributed by atoms with E-state index in [1.165, 1.54) is 0 Å². The minimum absolute atomic E-state index is 0.124. The maximum Gasteiger partial charge on any atom is 0.219 e. The number of rotatable bonds is 8. The van der Waals surface area contributed by atoms with Crippen LogP contribution in [-0.2, 0) is 14.3 Å². The lowest BCUT2D eigenvalue weighted by molar-refractivity contribution is -0.121. The smallest absolute Gasteiger partial charge is 0.219 e. The van der Waals surface area contributed by atoms with Crippen molar-refractivity contribution in [3.63, 3.8) is 0 Å². The molecule has 4 nitrogen and oxygen atoms in total. The molecule has 0 heterocycles. The molecule has 0 spiro atoms. The summed E-state index contributed by atoms with van der Waals surface area (Å²) in [4.78, 5) is 11.1. The zero-order valence-electron chi connectivity index (χ0n) is 9.34. The molecule has 0 radical (unpaired) electrons. The van der Waals surface area contributed by atoms with Gasteiger partial charge in [0.2, 0.25) is 5.91 Å². The van der Waals surface area contributed by atoms with Crippen LogP contribution >= 0.6 is 0 Å². The highest BCUT2D eigenvalue weighted by Gasteiger charge is 2.04. The van der Waals surface area contributed by atoms with Crippen molar-refractivity contribution in [2.75, 3.05) is 20.8 Å². The van der Waals surface area contributed by atoms with Crippen LogP contribution in [0, 0.1) is 0 Å². The summed E-state index contributed by atoms with van der Waals surface area (Å²) < 4.78 is 10.0. The summed E-state index contributed by atoms with van der Waals surface area (Å²) in [5.74, 6) is 0.124. The number of methoxy groups -OCH3 is 2. The highest BCUT2D eigenvalue weighted by molar-refractivity contribution is 5.75. The normalized spacial score (nSPS) is 10.6. The standard InChI is InChI=1S/C10H21NO3/c1-4-6-9(12)11-8-5-7-10(13-2)14-3/h10H,4-8H2,1-3H3,(H,11,12). The largest absolute Gasteiger partial charge is 0.356 e. The first kappa shape index (κ1) is 13.4. The minimum Gasteiger partial charge on any atom is -0.356 e. The van der Waals surface area contributed by atoms with E-state index in [9.17, 15) is 4.79 Å². The van der Waals surface area contributed by atoms with Crippen molar-refractivity contribution in [3.05, 3.63) is 0 Å². The molecule has 0 aliphatic heterocycles. The topological polar surface area (TPSA) is 47.6 Å². The predicted molar refractivity (Wildman–Crippen MR) is 55.0 cm³/mol. The van der Waals surface area contributed by atoms with E-state index in [0.717, 1.165) is 19.3 Å². The Hall–Kier alpha value is -0.610. The molecule has 0 aliphatic carbocycles. The molecule has 0 unspecified atom stereocenters. The van der Waals surface area contributed by atoms with Gasteiger partial charge in [-0.05, 0) is 12.8 Å². The van der Waals surface area contributed by atoms with Gasteiger partial charge < -0.3 is 14.8 Å². The number of carbonyl (C=O) groups is 1. The van der Waals surface area contributed by atoms with Gasteiger partial charge >= 0.3 is 0 Å². The molecule has 0 aromatic carbocycles. The first-order valence-electron chi connectivity index (χ1n) is 5.06. The maximum atomic E-state index is 11.1. The lowest BCUT2D eigenvalue weighted by Gasteiger charge is -2.12. The number of hydrogen-bond acceptors (Lipinski definition) is 3. The van der Waals surface area contributed by atoms with Gasteiger partial charge in [-0.3, -0.25) is 4.79 Å². The van der Waals surface area contributed by atoms with E-state index >= 15 is 0 Å². The third-order valence-electron chi connectivity index (χ3n) is 1.94. The average Bonchev–Trinajstić information content (AvgIpc) is 2.19. The van der Waals surface area contributed by atoms with Gasteiger partial charge in [0.15, 0.2) is 6.29 Å². The number of nitrogens with one attached hydrogen (secondary N) is 1. The van der Waals surface area contributed by atoms with Crippen LogP contribution in [-0.4, -0.2) is 33.0 Å². The van der Waals surface area contributed by atoms with Crippen molar-refractivity contribution in [2.45, 2.75) is 38.9 Å². The van der Waals surface area contributed by atoms with Gasteiger partial charge in [0.25, 0.3) is 0 Å². The second-order valence-corrected chi connectivity index (χ2v) is 3.14. The third kappa shape index (κ3) is 6.86. The first-order chi connectivity index (χ1) is 6.74. The van der Waals surface area contributed by atoms with E-state index in [1.807, 2.05) is 6.92 Å². The summed E-state index contributed by atoms with van der Waals surface area (Å²) in [6.45, 7) is 2.69. The summed E-state index contributed by atoms with van der Waals surface area (Å²) in [7, 11) is 3.23. The van der Waals surface area contributed by atoms with Gasteiger partial charge in [0.05, 0.1) is 0 Å². The van der Waals surface area contributed by atoms with E-state index in [4.69, 9.17) is 9.47 Å². The summed E-state index contributed by atoms with van der Waals surface area (Å²) >= 11 is 0. The number of amides is 1. The molecule has 0 aromatic heterocycles. The third-order valence-corrected chi connectivity index (χ3v) is 1.94. The zero-order valence-corrected chi connectivity index (χ0v) is 9.34. The monoisotopic (exact) mass is 203 g/mol. The van der Waals surface area contributed by atoms with Crippen molar-refractivity contribution in [1.29, 1.82) is 0 Å². The molecule has 0 fully saturated rings. The molecule has 84 valence electrons.